The summed E-state index contributed by atoms with van der Waals surface area (Å²) in [5.41, 5.74) is 2.01. The van der Waals surface area contributed by atoms with Crippen molar-refractivity contribution in [2.75, 3.05) is 0 Å². The fraction of sp³-hybridized carbons (Fsp3) is 0. The van der Waals surface area contributed by atoms with E-state index < -0.39 is 0 Å². The molecule has 0 N–H and O–H groups in total. The number of rotatable bonds is 1. The molecular weight excluding hydrogens is 270 g/mol. The van der Waals surface area contributed by atoms with E-state index in [-0.39, 0.29) is 0 Å². The van der Waals surface area contributed by atoms with Gasteiger partial charge < -0.3 is 0 Å². The first-order chi connectivity index (χ1) is 9.84. The van der Waals surface area contributed by atoms with Gasteiger partial charge in [0.2, 0.25) is 0 Å². The molecule has 0 saturated heterocycles. The summed E-state index contributed by atoms with van der Waals surface area (Å²) in [4.78, 5) is 8.35. The highest BCUT2D eigenvalue weighted by Crippen LogP contribution is 2.19. The molecule has 0 aliphatic heterocycles. The number of fused-ring (bicyclic) bond motifs is 3. The topological polar surface area (TPSA) is 30.2 Å². The van der Waals surface area contributed by atoms with Crippen LogP contribution in [0.25, 0.3) is 22.4 Å². The number of nitrogens with zero attached hydrogens (tertiary/aromatic N) is 3. The lowest BCUT2D eigenvalue weighted by Gasteiger charge is -1.95. The second kappa shape index (κ2) is 4.32. The Hall–Kier alpha value is -2.39. The molecule has 4 aromatic rings. The average molecular weight is 280 g/mol. The van der Waals surface area contributed by atoms with Gasteiger partial charge in [-0.15, -0.1) is 0 Å². The van der Waals surface area contributed by atoms with Gasteiger partial charge in [-0.1, -0.05) is 41.9 Å². The number of hydrogen-bond donors (Lipinski definition) is 0. The summed E-state index contributed by atoms with van der Waals surface area (Å²) in [6, 6.07) is 12.1. The van der Waals surface area contributed by atoms with Crippen molar-refractivity contribution in [2.45, 2.75) is 0 Å². The first kappa shape index (κ1) is 11.4. The minimum Gasteiger partial charge on any atom is -0.298 e. The molecule has 0 fully saturated rings. The molecule has 0 atom stereocenters. The van der Waals surface area contributed by atoms with Crippen LogP contribution in [0.1, 0.15) is 5.56 Å². The smallest absolute Gasteiger partial charge is 0.136 e. The van der Waals surface area contributed by atoms with Crippen LogP contribution in [-0.2, 0) is 0 Å². The number of halogens is 1. The van der Waals surface area contributed by atoms with Crippen molar-refractivity contribution in [3.63, 3.8) is 0 Å². The van der Waals surface area contributed by atoms with E-state index in [0.717, 1.165) is 16.4 Å². The highest BCUT2D eigenvalue weighted by Gasteiger charge is 2.07. The van der Waals surface area contributed by atoms with E-state index in [1.54, 1.807) is 6.20 Å². The van der Waals surface area contributed by atoms with Gasteiger partial charge in [0, 0.05) is 22.5 Å². The first-order valence-corrected chi connectivity index (χ1v) is 6.67. The summed E-state index contributed by atoms with van der Waals surface area (Å²) in [6.45, 7) is 0. The Balaban J connectivity index is 2.17. The van der Waals surface area contributed by atoms with Gasteiger partial charge >= 0.3 is 0 Å². The molecule has 3 nitrogen and oxygen atoms in total. The van der Waals surface area contributed by atoms with Gasteiger partial charge in [-0.3, -0.25) is 4.40 Å². The fourth-order valence-corrected chi connectivity index (χ4v) is 2.72. The van der Waals surface area contributed by atoms with Gasteiger partial charge in [-0.05, 0) is 12.1 Å². The summed E-state index contributed by atoms with van der Waals surface area (Å²) < 4.78 is 2.08. The standard InChI is InChI=1S/C16H10ClN3/c17-16-11(4-3-7-19-16)8-14-12-5-1-2-6-13(12)15-9-18-10-20(14)15/h1-10H/b14-8+. The lowest BCUT2D eigenvalue weighted by molar-refractivity contribution is 1.14. The normalized spacial score (nSPS) is 12.6. The molecule has 1 aromatic carbocycles. The molecule has 0 aliphatic carbocycles. The Morgan fingerprint density at radius 1 is 1.05 bits per heavy atom. The second-order valence-corrected chi connectivity index (χ2v) is 4.97. The van der Waals surface area contributed by atoms with Crippen molar-refractivity contribution in [3.8, 4) is 0 Å². The Bertz CT molecular complexity index is 972. The summed E-state index contributed by atoms with van der Waals surface area (Å²) in [7, 11) is 0. The van der Waals surface area contributed by atoms with E-state index in [1.165, 1.54) is 10.8 Å². The summed E-state index contributed by atoms with van der Waals surface area (Å²) in [5.74, 6) is 0. The van der Waals surface area contributed by atoms with Crippen molar-refractivity contribution in [3.05, 3.63) is 71.2 Å². The summed E-state index contributed by atoms with van der Waals surface area (Å²) >= 11 is 6.15. The quantitative estimate of drug-likeness (QED) is 0.501. The third-order valence-electron chi connectivity index (χ3n) is 3.46. The predicted octanol–water partition coefficient (Wildman–Crippen LogP) is 3.08. The molecule has 0 radical (unpaired) electrons. The molecule has 20 heavy (non-hydrogen) atoms. The maximum Gasteiger partial charge on any atom is 0.136 e. The zero-order valence-electron chi connectivity index (χ0n) is 10.5. The van der Waals surface area contributed by atoms with E-state index in [0.29, 0.717) is 5.15 Å². The fourth-order valence-electron chi connectivity index (χ4n) is 2.55. The van der Waals surface area contributed by atoms with Crippen molar-refractivity contribution >= 4 is 34.0 Å². The molecule has 3 heterocycles. The molecule has 4 rings (SSSR count). The van der Waals surface area contributed by atoms with E-state index >= 15 is 0 Å². The van der Waals surface area contributed by atoms with Gasteiger partial charge in [0.1, 0.15) is 5.15 Å². The van der Waals surface area contributed by atoms with Gasteiger partial charge in [0.05, 0.1) is 23.4 Å². The van der Waals surface area contributed by atoms with Crippen LogP contribution in [0.15, 0.2) is 55.1 Å². The first-order valence-electron chi connectivity index (χ1n) is 6.29. The van der Waals surface area contributed by atoms with Gasteiger partial charge in [0.15, 0.2) is 0 Å². The molecule has 3 aromatic heterocycles. The minimum absolute atomic E-state index is 0.506. The zero-order valence-corrected chi connectivity index (χ0v) is 11.2. The van der Waals surface area contributed by atoms with Crippen LogP contribution in [0.5, 0.6) is 0 Å². The molecule has 0 bridgehead atoms. The maximum atomic E-state index is 6.15. The lowest BCUT2D eigenvalue weighted by Crippen LogP contribution is -2.07. The monoisotopic (exact) mass is 279 g/mol. The largest absolute Gasteiger partial charge is 0.298 e. The molecular formula is C16H10ClN3. The number of aromatic nitrogens is 3. The second-order valence-electron chi connectivity index (χ2n) is 4.61. The highest BCUT2D eigenvalue weighted by atomic mass is 35.5. The van der Waals surface area contributed by atoms with E-state index in [2.05, 4.69) is 26.5 Å². The van der Waals surface area contributed by atoms with Gasteiger partial charge in [0.25, 0.3) is 0 Å². The predicted molar refractivity (Wildman–Crippen MR) is 80.7 cm³/mol. The van der Waals surface area contributed by atoms with Crippen LogP contribution in [-0.4, -0.2) is 14.4 Å². The number of pyridine rings is 1. The molecule has 0 unspecified atom stereocenters. The van der Waals surface area contributed by atoms with Crippen molar-refractivity contribution in [1.29, 1.82) is 0 Å². The highest BCUT2D eigenvalue weighted by molar-refractivity contribution is 6.30. The lowest BCUT2D eigenvalue weighted by atomic mass is 10.2. The summed E-state index contributed by atoms with van der Waals surface area (Å²) in [6.07, 6.45) is 7.44. The third-order valence-corrected chi connectivity index (χ3v) is 3.77. The zero-order chi connectivity index (χ0) is 13.5. The number of benzene rings is 1. The van der Waals surface area contributed by atoms with Crippen LogP contribution in [0.2, 0.25) is 5.15 Å². The van der Waals surface area contributed by atoms with Crippen molar-refractivity contribution < 1.29 is 0 Å². The molecule has 0 aliphatic rings. The molecule has 4 heteroatoms. The number of hydrogen-bond acceptors (Lipinski definition) is 2. The van der Waals surface area contributed by atoms with Crippen LogP contribution in [0.3, 0.4) is 0 Å². The summed E-state index contributed by atoms with van der Waals surface area (Å²) in [5, 5.41) is 3.95. The SMILES string of the molecule is Clc1ncccc1/C=c1\c2ccccc2c2cncn12. The Morgan fingerprint density at radius 2 is 1.90 bits per heavy atom. The van der Waals surface area contributed by atoms with E-state index in [4.69, 9.17) is 11.6 Å². The van der Waals surface area contributed by atoms with E-state index in [1.807, 2.05) is 42.9 Å². The van der Waals surface area contributed by atoms with Crippen LogP contribution in [0.4, 0.5) is 0 Å². The molecule has 0 saturated carbocycles. The van der Waals surface area contributed by atoms with Gasteiger partial charge in [-0.2, -0.15) is 0 Å². The third kappa shape index (κ3) is 1.60. The molecule has 96 valence electrons. The Labute approximate surface area is 120 Å². The number of imidazole rings is 1. The van der Waals surface area contributed by atoms with Crippen LogP contribution in [0, 0.1) is 0 Å². The molecule has 0 amide bonds. The van der Waals surface area contributed by atoms with Gasteiger partial charge in [-0.25, -0.2) is 9.97 Å². The van der Waals surface area contributed by atoms with E-state index in [9.17, 15) is 0 Å². The molecule has 0 spiro atoms. The minimum atomic E-state index is 0.506. The average Bonchev–Trinajstić information content (AvgIpc) is 3.04. The van der Waals surface area contributed by atoms with Crippen LogP contribution < -0.4 is 5.35 Å². The Morgan fingerprint density at radius 3 is 2.75 bits per heavy atom. The van der Waals surface area contributed by atoms with Crippen LogP contribution >= 0.6 is 11.6 Å². The maximum absolute atomic E-state index is 6.15. The van der Waals surface area contributed by atoms with Crippen molar-refractivity contribution in [1.82, 2.24) is 14.4 Å². The van der Waals surface area contributed by atoms with Crippen molar-refractivity contribution in [2.24, 2.45) is 0 Å². The Kier molecular flexibility index (Phi) is 2.47.